The SMILES string of the molecule is [C-]#[N+]CC(=O)Nc1ccccc1C(N)=O. The number of hydrogen-bond acceptors (Lipinski definition) is 2. The highest BCUT2D eigenvalue weighted by Crippen LogP contribution is 2.13. The topological polar surface area (TPSA) is 76.6 Å². The number of amides is 2. The van der Waals surface area contributed by atoms with Crippen LogP contribution >= 0.6 is 0 Å². The lowest BCUT2D eigenvalue weighted by molar-refractivity contribution is -0.114. The maximum Gasteiger partial charge on any atom is 0.304 e. The Morgan fingerprint density at radius 2 is 2.07 bits per heavy atom. The molecule has 0 aliphatic rings. The highest BCUT2D eigenvalue weighted by atomic mass is 16.2. The van der Waals surface area contributed by atoms with Crippen LogP contribution in [-0.4, -0.2) is 18.4 Å². The van der Waals surface area contributed by atoms with Crippen LogP contribution in [0.15, 0.2) is 24.3 Å². The van der Waals surface area contributed by atoms with Gasteiger partial charge in [0.15, 0.2) is 0 Å². The Labute approximate surface area is 86.7 Å². The van der Waals surface area contributed by atoms with Crippen molar-refractivity contribution in [1.29, 1.82) is 0 Å². The molecule has 15 heavy (non-hydrogen) atoms. The van der Waals surface area contributed by atoms with Gasteiger partial charge in [-0.05, 0) is 12.1 Å². The van der Waals surface area contributed by atoms with Gasteiger partial charge in [-0.2, -0.15) is 0 Å². The molecule has 2 amide bonds. The first-order valence-electron chi connectivity index (χ1n) is 4.17. The second kappa shape index (κ2) is 4.77. The lowest BCUT2D eigenvalue weighted by Gasteiger charge is -2.05. The summed E-state index contributed by atoms with van der Waals surface area (Å²) in [5.74, 6) is -1.08. The van der Waals surface area contributed by atoms with Crippen LogP contribution in [0.5, 0.6) is 0 Å². The zero-order chi connectivity index (χ0) is 11.3. The van der Waals surface area contributed by atoms with Crippen LogP contribution in [0.3, 0.4) is 0 Å². The molecule has 0 radical (unpaired) electrons. The minimum Gasteiger partial charge on any atom is -0.366 e. The van der Waals surface area contributed by atoms with Crippen molar-refractivity contribution in [3.8, 4) is 0 Å². The Morgan fingerprint density at radius 1 is 1.40 bits per heavy atom. The summed E-state index contributed by atoms with van der Waals surface area (Å²) >= 11 is 0. The number of hydrogen-bond donors (Lipinski definition) is 2. The molecule has 5 heteroatoms. The van der Waals surface area contributed by atoms with Gasteiger partial charge in [0.1, 0.15) is 0 Å². The summed E-state index contributed by atoms with van der Waals surface area (Å²) in [7, 11) is 0. The molecule has 0 saturated carbocycles. The van der Waals surface area contributed by atoms with E-state index in [1.54, 1.807) is 18.2 Å². The molecule has 3 N–H and O–H groups in total. The molecule has 1 aromatic carbocycles. The summed E-state index contributed by atoms with van der Waals surface area (Å²) in [6.07, 6.45) is 0. The smallest absolute Gasteiger partial charge is 0.304 e. The number of nitrogens with two attached hydrogens (primary N) is 1. The first-order valence-corrected chi connectivity index (χ1v) is 4.17. The average molecular weight is 203 g/mol. The summed E-state index contributed by atoms with van der Waals surface area (Å²) < 4.78 is 0. The van der Waals surface area contributed by atoms with Gasteiger partial charge in [0.25, 0.3) is 12.5 Å². The van der Waals surface area contributed by atoms with Gasteiger partial charge in [-0.3, -0.25) is 9.59 Å². The Kier molecular flexibility index (Phi) is 3.41. The highest BCUT2D eigenvalue weighted by Gasteiger charge is 2.10. The Bertz CT molecular complexity index is 435. The lowest BCUT2D eigenvalue weighted by Crippen LogP contribution is -2.19. The molecule has 0 saturated heterocycles. The van der Waals surface area contributed by atoms with E-state index in [9.17, 15) is 9.59 Å². The second-order valence-corrected chi connectivity index (χ2v) is 2.77. The molecule has 0 heterocycles. The molecule has 76 valence electrons. The van der Waals surface area contributed by atoms with E-state index in [0.717, 1.165) is 0 Å². The van der Waals surface area contributed by atoms with Crippen molar-refractivity contribution in [1.82, 2.24) is 0 Å². The Morgan fingerprint density at radius 3 is 2.67 bits per heavy atom. The van der Waals surface area contributed by atoms with Crippen molar-refractivity contribution < 1.29 is 9.59 Å². The maximum absolute atomic E-state index is 11.1. The number of benzene rings is 1. The number of anilines is 1. The number of primary amides is 1. The largest absolute Gasteiger partial charge is 0.366 e. The van der Waals surface area contributed by atoms with Crippen LogP contribution in [0.1, 0.15) is 10.4 Å². The van der Waals surface area contributed by atoms with E-state index in [4.69, 9.17) is 12.3 Å². The number of carbonyl (C=O) groups excluding carboxylic acids is 2. The van der Waals surface area contributed by atoms with Gasteiger partial charge in [-0.1, -0.05) is 12.1 Å². The van der Waals surface area contributed by atoms with Gasteiger partial charge in [0.05, 0.1) is 11.3 Å². The standard InChI is InChI=1S/C10H9N3O2/c1-12-6-9(14)13-8-5-3-2-4-7(8)10(11)15/h2-5H,6H2,(H2,11,15)(H,13,14). The predicted molar refractivity (Wildman–Crippen MR) is 55.1 cm³/mol. The van der Waals surface area contributed by atoms with Crippen molar-refractivity contribution in [2.45, 2.75) is 0 Å². The summed E-state index contributed by atoms with van der Waals surface area (Å²) in [5.41, 5.74) is 5.68. The van der Waals surface area contributed by atoms with Gasteiger partial charge in [0.2, 0.25) is 0 Å². The minimum atomic E-state index is -0.617. The molecule has 1 rings (SSSR count). The van der Waals surface area contributed by atoms with Crippen LogP contribution in [0.2, 0.25) is 0 Å². The summed E-state index contributed by atoms with van der Waals surface area (Å²) in [6, 6.07) is 6.38. The minimum absolute atomic E-state index is 0.232. The van der Waals surface area contributed by atoms with Crippen LogP contribution in [0.25, 0.3) is 4.85 Å². The molecule has 0 spiro atoms. The van der Waals surface area contributed by atoms with Gasteiger partial charge < -0.3 is 15.9 Å². The fourth-order valence-electron chi connectivity index (χ4n) is 1.07. The van der Waals surface area contributed by atoms with Crippen LogP contribution in [0.4, 0.5) is 5.69 Å². The van der Waals surface area contributed by atoms with Gasteiger partial charge in [-0.15, -0.1) is 0 Å². The van der Waals surface area contributed by atoms with Crippen LogP contribution in [0, 0.1) is 6.57 Å². The molecule has 0 aliphatic heterocycles. The molecule has 1 aromatic rings. The predicted octanol–water partition coefficient (Wildman–Crippen LogP) is 0.643. The fourth-order valence-corrected chi connectivity index (χ4v) is 1.07. The number of para-hydroxylation sites is 1. The van der Waals surface area contributed by atoms with E-state index in [0.29, 0.717) is 5.69 Å². The fraction of sp³-hybridized carbons (Fsp3) is 0.100. The molecular formula is C10H9N3O2. The van der Waals surface area contributed by atoms with Crippen LogP contribution < -0.4 is 11.1 Å². The van der Waals surface area contributed by atoms with Gasteiger partial charge in [0, 0.05) is 0 Å². The van der Waals surface area contributed by atoms with E-state index >= 15 is 0 Å². The third kappa shape index (κ3) is 2.81. The molecule has 5 nitrogen and oxygen atoms in total. The number of nitrogens with one attached hydrogen (secondary N) is 1. The molecule has 0 aromatic heterocycles. The van der Waals surface area contributed by atoms with Crippen molar-refractivity contribution in [3.05, 3.63) is 41.2 Å². The first kappa shape index (κ1) is 10.7. The van der Waals surface area contributed by atoms with E-state index in [1.807, 2.05) is 0 Å². The lowest BCUT2D eigenvalue weighted by atomic mass is 10.1. The van der Waals surface area contributed by atoms with E-state index in [1.165, 1.54) is 6.07 Å². The molecular weight excluding hydrogens is 194 g/mol. The first-order chi connectivity index (χ1) is 7.15. The normalized spacial score (nSPS) is 9.00. The van der Waals surface area contributed by atoms with E-state index < -0.39 is 11.8 Å². The van der Waals surface area contributed by atoms with Gasteiger partial charge >= 0.3 is 5.91 Å². The van der Waals surface area contributed by atoms with Crippen molar-refractivity contribution in [2.75, 3.05) is 11.9 Å². The summed E-state index contributed by atoms with van der Waals surface area (Å²) in [5, 5.41) is 2.44. The van der Waals surface area contributed by atoms with E-state index in [2.05, 4.69) is 10.2 Å². The molecule has 0 unspecified atom stereocenters. The summed E-state index contributed by atoms with van der Waals surface area (Å²) in [6.45, 7) is 6.24. The van der Waals surface area contributed by atoms with E-state index in [-0.39, 0.29) is 12.1 Å². The zero-order valence-electron chi connectivity index (χ0n) is 7.86. The summed E-state index contributed by atoms with van der Waals surface area (Å²) in [4.78, 5) is 25.0. The number of rotatable bonds is 3. The molecule has 0 bridgehead atoms. The Balaban J connectivity index is 2.90. The second-order valence-electron chi connectivity index (χ2n) is 2.77. The Hall–Kier alpha value is -2.35. The monoisotopic (exact) mass is 203 g/mol. The zero-order valence-corrected chi connectivity index (χ0v) is 7.86. The van der Waals surface area contributed by atoms with Crippen molar-refractivity contribution >= 4 is 17.5 Å². The molecule has 0 atom stereocenters. The third-order valence-electron chi connectivity index (χ3n) is 1.69. The molecule has 0 aliphatic carbocycles. The number of carbonyl (C=O) groups is 2. The highest BCUT2D eigenvalue weighted by molar-refractivity contribution is 6.03. The van der Waals surface area contributed by atoms with Crippen LogP contribution in [-0.2, 0) is 4.79 Å². The molecule has 0 fully saturated rings. The van der Waals surface area contributed by atoms with Gasteiger partial charge in [-0.25, -0.2) is 6.57 Å². The third-order valence-corrected chi connectivity index (χ3v) is 1.69. The quantitative estimate of drug-likeness (QED) is 0.707. The van der Waals surface area contributed by atoms with Crippen molar-refractivity contribution in [2.24, 2.45) is 5.73 Å². The van der Waals surface area contributed by atoms with Crippen molar-refractivity contribution in [3.63, 3.8) is 0 Å². The number of nitrogens with zero attached hydrogens (tertiary/aromatic N) is 1. The maximum atomic E-state index is 11.1. The average Bonchev–Trinajstić information content (AvgIpc) is 2.18.